The molecule has 0 amide bonds. The SMILES string of the molecule is F/C=C/C=C(\C=C/I)CBr. The Bertz CT molecular complexity index is 161. The Morgan fingerprint density at radius 2 is 2.30 bits per heavy atom. The minimum absolute atomic E-state index is 0.518. The average Bonchev–Trinajstić information content (AvgIpc) is 1.98. The van der Waals surface area contributed by atoms with Gasteiger partial charge in [0.2, 0.25) is 0 Å². The van der Waals surface area contributed by atoms with Crippen molar-refractivity contribution in [2.24, 2.45) is 0 Å². The Labute approximate surface area is 82.2 Å². The van der Waals surface area contributed by atoms with E-state index < -0.39 is 0 Å². The molecule has 0 N–H and O–H groups in total. The molecule has 10 heavy (non-hydrogen) atoms. The van der Waals surface area contributed by atoms with Gasteiger partial charge in [-0.05, 0) is 15.7 Å². The van der Waals surface area contributed by atoms with Crippen LogP contribution in [0.25, 0.3) is 0 Å². The van der Waals surface area contributed by atoms with Crippen LogP contribution in [0, 0.1) is 0 Å². The monoisotopic (exact) mass is 316 g/mol. The van der Waals surface area contributed by atoms with E-state index in [1.165, 1.54) is 6.08 Å². The third kappa shape index (κ3) is 5.17. The highest BCUT2D eigenvalue weighted by atomic mass is 127. The highest BCUT2D eigenvalue weighted by Crippen LogP contribution is 2.03. The van der Waals surface area contributed by atoms with Gasteiger partial charge >= 0.3 is 0 Å². The highest BCUT2D eigenvalue weighted by Gasteiger charge is 1.83. The molecule has 0 heterocycles. The number of hydrogen-bond donors (Lipinski definition) is 0. The van der Waals surface area contributed by atoms with Crippen LogP contribution >= 0.6 is 38.5 Å². The average molecular weight is 317 g/mol. The van der Waals surface area contributed by atoms with Crippen LogP contribution in [-0.2, 0) is 0 Å². The molecule has 0 aromatic heterocycles. The van der Waals surface area contributed by atoms with Gasteiger partial charge in [0.25, 0.3) is 0 Å². The molecule has 0 radical (unpaired) electrons. The smallest absolute Gasteiger partial charge is 0.0867 e. The maximum Gasteiger partial charge on any atom is 0.0867 e. The van der Waals surface area contributed by atoms with Crippen LogP contribution < -0.4 is 0 Å². The zero-order chi connectivity index (χ0) is 7.82. The Balaban J connectivity index is 4.04. The molecule has 0 aromatic carbocycles. The largest absolute Gasteiger partial charge is 0.216 e. The van der Waals surface area contributed by atoms with Crippen LogP contribution in [0.2, 0.25) is 0 Å². The third-order valence-corrected chi connectivity index (χ3v) is 1.82. The lowest BCUT2D eigenvalue weighted by Crippen LogP contribution is -1.74. The van der Waals surface area contributed by atoms with E-state index in [4.69, 9.17) is 0 Å². The Kier molecular flexibility index (Phi) is 7.74. The number of hydrogen-bond acceptors (Lipinski definition) is 0. The molecule has 0 nitrogen and oxygen atoms in total. The molecular weight excluding hydrogens is 310 g/mol. The van der Waals surface area contributed by atoms with Crippen molar-refractivity contribution in [3.8, 4) is 0 Å². The quantitative estimate of drug-likeness (QED) is 0.423. The summed E-state index contributed by atoms with van der Waals surface area (Å²) < 4.78 is 13.3. The summed E-state index contributed by atoms with van der Waals surface area (Å²) in [6, 6.07) is 0. The summed E-state index contributed by atoms with van der Waals surface area (Å²) in [7, 11) is 0. The fourth-order valence-corrected chi connectivity index (χ4v) is 1.22. The van der Waals surface area contributed by atoms with E-state index in [1.807, 2.05) is 10.2 Å². The van der Waals surface area contributed by atoms with Gasteiger partial charge in [-0.15, -0.1) is 0 Å². The second kappa shape index (κ2) is 7.47. The van der Waals surface area contributed by atoms with Crippen LogP contribution in [0.4, 0.5) is 4.39 Å². The Morgan fingerprint density at radius 1 is 1.60 bits per heavy atom. The van der Waals surface area contributed by atoms with Gasteiger partial charge in [0.15, 0.2) is 0 Å². The summed E-state index contributed by atoms with van der Waals surface area (Å²) in [4.78, 5) is 0. The molecule has 0 saturated heterocycles. The number of alkyl halides is 1. The van der Waals surface area contributed by atoms with Crippen molar-refractivity contribution in [1.82, 2.24) is 0 Å². The summed E-state index contributed by atoms with van der Waals surface area (Å²) in [6.07, 6.45) is 5.51. The normalized spacial score (nSPS) is 13.7. The molecule has 56 valence electrons. The van der Waals surface area contributed by atoms with Crippen LogP contribution in [-0.4, -0.2) is 5.33 Å². The second-order valence-electron chi connectivity index (χ2n) is 1.49. The zero-order valence-electron chi connectivity index (χ0n) is 5.23. The van der Waals surface area contributed by atoms with E-state index in [0.717, 1.165) is 10.9 Å². The fourth-order valence-electron chi connectivity index (χ4n) is 0.386. The molecule has 0 aromatic rings. The Morgan fingerprint density at radius 3 is 2.70 bits per heavy atom. The molecule has 0 spiro atoms. The van der Waals surface area contributed by atoms with Gasteiger partial charge in [-0.3, -0.25) is 0 Å². The molecule has 0 fully saturated rings. The van der Waals surface area contributed by atoms with Crippen LogP contribution in [0.15, 0.2) is 34.2 Å². The summed E-state index contributed by atoms with van der Waals surface area (Å²) in [6.45, 7) is 0. The molecule has 0 aliphatic heterocycles. The van der Waals surface area contributed by atoms with E-state index in [1.54, 1.807) is 6.08 Å². The number of allylic oxidation sites excluding steroid dienone is 4. The first kappa shape index (κ1) is 10.4. The lowest BCUT2D eigenvalue weighted by atomic mass is 10.3. The lowest BCUT2D eigenvalue weighted by molar-refractivity contribution is 0.721. The van der Waals surface area contributed by atoms with Gasteiger partial charge in [-0.25, -0.2) is 4.39 Å². The van der Waals surface area contributed by atoms with Crippen molar-refractivity contribution < 1.29 is 4.39 Å². The van der Waals surface area contributed by atoms with Crippen LogP contribution in [0.1, 0.15) is 0 Å². The standard InChI is InChI=1S/C7H7BrFI/c8-6-7(3-5-10)2-1-4-9/h1-5H,6H2/b4-1+,5-3-,7-2+. The number of halogens is 3. The highest BCUT2D eigenvalue weighted by molar-refractivity contribution is 14.1. The van der Waals surface area contributed by atoms with Gasteiger partial charge in [-0.2, -0.15) is 0 Å². The van der Waals surface area contributed by atoms with Gasteiger partial charge in [0, 0.05) is 5.33 Å². The molecule has 0 atom stereocenters. The summed E-state index contributed by atoms with van der Waals surface area (Å²) in [5, 5.41) is 0.747. The molecule has 0 aliphatic carbocycles. The van der Waals surface area contributed by atoms with Gasteiger partial charge < -0.3 is 0 Å². The zero-order valence-corrected chi connectivity index (χ0v) is 8.97. The van der Waals surface area contributed by atoms with Gasteiger partial charge in [0.05, 0.1) is 6.33 Å². The summed E-state index contributed by atoms with van der Waals surface area (Å²) in [5.74, 6) is 0. The molecule has 0 saturated carbocycles. The Hall–Kier alpha value is 0.360. The lowest BCUT2D eigenvalue weighted by Gasteiger charge is -1.89. The van der Waals surface area contributed by atoms with E-state index in [0.29, 0.717) is 6.33 Å². The molecule has 0 unspecified atom stereocenters. The van der Waals surface area contributed by atoms with E-state index in [2.05, 4.69) is 38.5 Å². The van der Waals surface area contributed by atoms with Crippen molar-refractivity contribution >= 4 is 38.5 Å². The first-order valence-electron chi connectivity index (χ1n) is 2.63. The third-order valence-electron chi connectivity index (χ3n) is 0.814. The van der Waals surface area contributed by atoms with Crippen molar-refractivity contribution in [1.29, 1.82) is 0 Å². The van der Waals surface area contributed by atoms with Crippen LogP contribution in [0.5, 0.6) is 0 Å². The van der Waals surface area contributed by atoms with Crippen molar-refractivity contribution in [3.05, 3.63) is 34.2 Å². The van der Waals surface area contributed by atoms with Gasteiger partial charge in [0.1, 0.15) is 0 Å². The maximum atomic E-state index is 11.5. The van der Waals surface area contributed by atoms with Crippen molar-refractivity contribution in [2.75, 3.05) is 5.33 Å². The first-order chi connectivity index (χ1) is 4.85. The van der Waals surface area contributed by atoms with Gasteiger partial charge in [-0.1, -0.05) is 50.7 Å². The number of rotatable bonds is 3. The minimum atomic E-state index is 0.518. The first-order valence-corrected chi connectivity index (χ1v) is 5.00. The van der Waals surface area contributed by atoms with Crippen molar-refractivity contribution in [3.63, 3.8) is 0 Å². The summed E-state index contributed by atoms with van der Waals surface area (Å²) in [5.41, 5.74) is 1.04. The minimum Gasteiger partial charge on any atom is -0.216 e. The van der Waals surface area contributed by atoms with E-state index in [9.17, 15) is 4.39 Å². The van der Waals surface area contributed by atoms with Crippen molar-refractivity contribution in [2.45, 2.75) is 0 Å². The van der Waals surface area contributed by atoms with E-state index >= 15 is 0 Å². The molecular formula is C7H7BrFI. The maximum absolute atomic E-state index is 11.5. The fraction of sp³-hybridized carbons (Fsp3) is 0.143. The molecule has 3 heteroatoms. The molecule has 0 rings (SSSR count). The molecule has 0 bridgehead atoms. The predicted octanol–water partition coefficient (Wildman–Crippen LogP) is 3.74. The molecule has 0 aliphatic rings. The summed E-state index contributed by atoms with van der Waals surface area (Å²) >= 11 is 5.39. The topological polar surface area (TPSA) is 0 Å². The predicted molar refractivity (Wildman–Crippen MR) is 55.3 cm³/mol. The second-order valence-corrected chi connectivity index (χ2v) is 2.77. The van der Waals surface area contributed by atoms with E-state index in [-0.39, 0.29) is 0 Å². The van der Waals surface area contributed by atoms with Crippen LogP contribution in [0.3, 0.4) is 0 Å².